The van der Waals surface area contributed by atoms with Gasteiger partial charge in [-0.1, -0.05) is 48.5 Å². The first kappa shape index (κ1) is 28.3. The Bertz CT molecular complexity index is 1040. The van der Waals surface area contributed by atoms with Crippen LogP contribution in [0.4, 0.5) is 0 Å². The molecule has 0 aromatic heterocycles. The molecule has 0 saturated carbocycles. The molecule has 5 rings (SSSR count). The van der Waals surface area contributed by atoms with Gasteiger partial charge in [0.1, 0.15) is 0 Å². The Morgan fingerprint density at radius 1 is 0.656 bits per heavy atom. The fraction of sp³-hybridized carbons (Fsp3) is 0.333. The molecule has 2 heterocycles. The number of rotatable bonds is 8. The molecule has 14 heteroatoms. The predicted molar refractivity (Wildman–Crippen MR) is 97.1 cm³/mol. The summed E-state index contributed by atoms with van der Waals surface area (Å²) >= 11 is 0. The van der Waals surface area contributed by atoms with Crippen LogP contribution in [0.5, 0.6) is 0 Å². The standard InChI is InChI=1S/C18H18O10S2.2Na/c19-29(20,21)25-11-9-17-13-5-1-2-6-14(13)18(28-27-17,10-12-26-30(22,23)24)16-8-4-3-7-15(16)17;;/h1-8H,9-12H2,(H,19,20,21)(H,22,23,24);;/q;2*+1/p-2/i27+2,28+2;;. The molecule has 0 radical (unpaired) electrons. The minimum atomic E-state index is -4.89. The summed E-state index contributed by atoms with van der Waals surface area (Å²) in [6, 6.07) is 14.1. The van der Waals surface area contributed by atoms with Crippen molar-refractivity contribution in [3.05, 3.63) is 70.8 Å². The molecule has 2 aromatic rings. The maximum absolute atomic E-state index is 10.9. The molecule has 2 aromatic carbocycles. The molecule has 2 aliphatic heterocycles. The van der Waals surface area contributed by atoms with E-state index in [-0.39, 0.29) is 72.0 Å². The minimum Gasteiger partial charge on any atom is -0.726 e. The van der Waals surface area contributed by atoms with Crippen molar-refractivity contribution in [2.45, 2.75) is 24.0 Å². The van der Waals surface area contributed by atoms with Crippen LogP contribution in [0.3, 0.4) is 0 Å². The third kappa shape index (κ3) is 5.34. The maximum atomic E-state index is 10.9. The SMILES string of the molecule is O=S(=O)([O-])OCCC12[18O][18O]C(CCOS(=O)(=O)[O-])(c3ccccc31)c1ccccc12.[Na+].[Na+]. The molecule has 1 aliphatic carbocycles. The molecular weight excluding hydrogens is 490 g/mol. The molecule has 3 aliphatic rings. The maximum Gasteiger partial charge on any atom is 1.00 e. The van der Waals surface area contributed by atoms with Gasteiger partial charge in [0.2, 0.25) is 20.8 Å². The molecular formula is C18H16Na2O10S2. The van der Waals surface area contributed by atoms with Gasteiger partial charge in [-0.2, -0.15) is 0 Å². The summed E-state index contributed by atoms with van der Waals surface area (Å²) in [4.78, 5) is 11.5. The Balaban J connectivity index is 0.00000181. The van der Waals surface area contributed by atoms with E-state index in [0.29, 0.717) is 22.3 Å². The van der Waals surface area contributed by atoms with E-state index in [2.05, 4.69) is 8.37 Å². The topological polar surface area (TPSA) is 151 Å². The van der Waals surface area contributed by atoms with Crippen LogP contribution in [-0.2, 0) is 50.1 Å². The largest absolute Gasteiger partial charge is 1.00 e. The minimum absolute atomic E-state index is 0. The van der Waals surface area contributed by atoms with E-state index in [9.17, 15) is 25.9 Å². The summed E-state index contributed by atoms with van der Waals surface area (Å²) in [6.07, 6.45) is -0.0754. The molecule has 0 amide bonds. The van der Waals surface area contributed by atoms with E-state index < -0.39 is 45.2 Å². The molecule has 2 bridgehead atoms. The molecule has 10 nitrogen and oxygen atoms in total. The first-order valence-corrected chi connectivity index (χ1v) is 11.5. The van der Waals surface area contributed by atoms with Crippen molar-refractivity contribution in [3.8, 4) is 0 Å². The van der Waals surface area contributed by atoms with Crippen molar-refractivity contribution in [1.29, 1.82) is 0 Å². The van der Waals surface area contributed by atoms with Crippen molar-refractivity contribution in [3.63, 3.8) is 0 Å². The fourth-order valence-electron chi connectivity index (χ4n) is 4.18. The quantitative estimate of drug-likeness (QED) is 0.112. The monoisotopic (exact) mass is 506 g/mol. The molecule has 0 fully saturated rings. The van der Waals surface area contributed by atoms with Gasteiger partial charge in [0.25, 0.3) is 0 Å². The van der Waals surface area contributed by atoms with Gasteiger partial charge in [-0.3, -0.25) is 8.37 Å². The number of hydrogen-bond donors (Lipinski definition) is 0. The van der Waals surface area contributed by atoms with Gasteiger partial charge in [-0.25, -0.2) is 26.6 Å². The first-order valence-electron chi connectivity index (χ1n) is 8.85. The summed E-state index contributed by atoms with van der Waals surface area (Å²) in [7, 11) is -9.78. The van der Waals surface area contributed by atoms with E-state index in [1.165, 1.54) is 0 Å². The van der Waals surface area contributed by atoms with Crippen LogP contribution in [-0.4, -0.2) is 39.2 Å². The molecule has 0 atom stereocenters. The van der Waals surface area contributed by atoms with Crippen LogP contribution < -0.4 is 59.1 Å². The number of fused-ring (bicyclic) bond motifs is 1. The van der Waals surface area contributed by atoms with Crippen LogP contribution >= 0.6 is 0 Å². The third-order valence-corrected chi connectivity index (χ3v) is 6.19. The molecule has 0 spiro atoms. The van der Waals surface area contributed by atoms with Crippen LogP contribution in [0.2, 0.25) is 0 Å². The van der Waals surface area contributed by atoms with Crippen LogP contribution in [0.15, 0.2) is 48.5 Å². The summed E-state index contributed by atoms with van der Waals surface area (Å²) < 4.78 is 74.1. The van der Waals surface area contributed by atoms with Gasteiger partial charge in [-0.05, 0) is 22.3 Å². The Morgan fingerprint density at radius 3 is 1.19 bits per heavy atom. The average molecular weight is 506 g/mol. The molecule has 0 N–H and O–H groups in total. The zero-order chi connectivity index (χ0) is 21.6. The normalized spacial score (nSPS) is 23.4. The number of hydrogen-bond acceptors (Lipinski definition) is 10. The van der Waals surface area contributed by atoms with Crippen LogP contribution in [0.1, 0.15) is 35.1 Å². The van der Waals surface area contributed by atoms with Gasteiger partial charge in [-0.15, -0.1) is 0 Å². The Hall–Kier alpha value is 0.100. The molecule has 162 valence electrons. The van der Waals surface area contributed by atoms with Crippen molar-refractivity contribution in [2.75, 3.05) is 13.2 Å². The fourth-order valence-corrected chi connectivity index (χ4v) is 4.76. The third-order valence-electron chi connectivity index (χ3n) is 5.28. The zero-order valence-electron chi connectivity index (χ0n) is 17.3. The predicted octanol–water partition coefficient (Wildman–Crippen LogP) is -4.81. The van der Waals surface area contributed by atoms with Crippen LogP contribution in [0.25, 0.3) is 0 Å². The molecule has 0 unspecified atom stereocenters. The second kappa shape index (κ2) is 10.4. The average Bonchev–Trinajstić information content (AvgIpc) is 2.68. The van der Waals surface area contributed by atoms with Gasteiger partial charge in [0, 0.05) is 12.8 Å². The summed E-state index contributed by atoms with van der Waals surface area (Å²) in [6.45, 7) is -0.884. The second-order valence-corrected chi connectivity index (χ2v) is 8.98. The van der Waals surface area contributed by atoms with E-state index in [4.69, 9.17) is 9.78 Å². The molecule has 0 saturated heterocycles. The summed E-state index contributed by atoms with van der Waals surface area (Å²) in [5.74, 6) is 0. The van der Waals surface area contributed by atoms with Gasteiger partial charge in [0.05, 0.1) is 13.2 Å². The zero-order valence-corrected chi connectivity index (χ0v) is 23.0. The van der Waals surface area contributed by atoms with Crippen molar-refractivity contribution in [1.82, 2.24) is 0 Å². The van der Waals surface area contributed by atoms with E-state index >= 15 is 0 Å². The van der Waals surface area contributed by atoms with Crippen molar-refractivity contribution >= 4 is 20.8 Å². The Kier molecular flexibility index (Phi) is 9.19. The van der Waals surface area contributed by atoms with E-state index in [1.54, 1.807) is 48.5 Å². The number of benzene rings is 2. The van der Waals surface area contributed by atoms with E-state index in [0.717, 1.165) is 0 Å². The van der Waals surface area contributed by atoms with Crippen molar-refractivity contribution < 1.29 is 103 Å². The van der Waals surface area contributed by atoms with Gasteiger partial charge >= 0.3 is 59.1 Å². The van der Waals surface area contributed by atoms with E-state index in [1.807, 2.05) is 0 Å². The smallest absolute Gasteiger partial charge is 0.726 e. The van der Waals surface area contributed by atoms with Gasteiger partial charge in [0.15, 0.2) is 11.2 Å². The molecule has 32 heavy (non-hydrogen) atoms. The first-order chi connectivity index (χ1) is 14.1. The van der Waals surface area contributed by atoms with Crippen molar-refractivity contribution in [2.24, 2.45) is 0 Å². The summed E-state index contributed by atoms with van der Waals surface area (Å²) in [5.41, 5.74) is 0.0910. The Morgan fingerprint density at radius 2 is 0.938 bits per heavy atom. The Labute approximate surface area is 230 Å². The summed E-state index contributed by atoms with van der Waals surface area (Å²) in [5, 5.41) is 0. The van der Waals surface area contributed by atoms with Crippen LogP contribution in [0, 0.1) is 0 Å². The second-order valence-electron chi connectivity index (χ2n) is 6.87. The van der Waals surface area contributed by atoms with Gasteiger partial charge < -0.3 is 9.11 Å².